The molecule has 0 aromatic heterocycles. The van der Waals surface area contributed by atoms with Crippen LogP contribution in [0, 0.1) is 0 Å². The standard InChI is InChI=1S/C14H20Br2O3/c15-13(16)8-6-4-2-1-3-5-7-11(17)12-9-10-14(18)19-12/h5,7-8,11-12,17H,1-4,6,9-10H2/b7-5+/t11-,12-/m0/s1. The van der Waals surface area contributed by atoms with E-state index in [9.17, 15) is 9.90 Å². The van der Waals surface area contributed by atoms with Crippen LogP contribution in [0.1, 0.15) is 44.9 Å². The minimum atomic E-state index is -0.654. The summed E-state index contributed by atoms with van der Waals surface area (Å²) in [6.07, 6.45) is 11.3. The normalized spacial score (nSPS) is 20.6. The van der Waals surface area contributed by atoms with Gasteiger partial charge in [-0.1, -0.05) is 24.6 Å². The number of ether oxygens (including phenoxy) is 1. The van der Waals surface area contributed by atoms with Crippen LogP contribution in [0.25, 0.3) is 0 Å². The van der Waals surface area contributed by atoms with Crippen LogP contribution in [0.4, 0.5) is 0 Å². The molecule has 1 N–H and O–H groups in total. The van der Waals surface area contributed by atoms with E-state index < -0.39 is 6.10 Å². The molecule has 19 heavy (non-hydrogen) atoms. The van der Waals surface area contributed by atoms with E-state index in [0.717, 1.165) is 29.1 Å². The van der Waals surface area contributed by atoms with Crippen molar-refractivity contribution < 1.29 is 14.6 Å². The molecule has 0 radical (unpaired) electrons. The van der Waals surface area contributed by atoms with Crippen LogP contribution in [0.3, 0.4) is 0 Å². The second-order valence-electron chi connectivity index (χ2n) is 4.62. The first-order valence-corrected chi connectivity index (χ1v) is 8.23. The molecule has 5 heteroatoms. The van der Waals surface area contributed by atoms with Crippen LogP contribution in [-0.2, 0) is 9.53 Å². The highest BCUT2D eigenvalue weighted by atomic mass is 79.9. The lowest BCUT2D eigenvalue weighted by atomic mass is 10.1. The molecule has 3 nitrogen and oxygen atoms in total. The highest BCUT2D eigenvalue weighted by Crippen LogP contribution is 2.18. The quantitative estimate of drug-likeness (QED) is 0.380. The van der Waals surface area contributed by atoms with Crippen molar-refractivity contribution >= 4 is 37.8 Å². The van der Waals surface area contributed by atoms with Crippen LogP contribution >= 0.6 is 31.9 Å². The lowest BCUT2D eigenvalue weighted by molar-refractivity contribution is -0.144. The number of allylic oxidation sites excluding steroid dienone is 2. The smallest absolute Gasteiger partial charge is 0.306 e. The van der Waals surface area contributed by atoms with Crippen LogP contribution in [-0.4, -0.2) is 23.3 Å². The first-order valence-electron chi connectivity index (χ1n) is 6.65. The molecule has 1 fully saturated rings. The Morgan fingerprint density at radius 3 is 2.74 bits per heavy atom. The van der Waals surface area contributed by atoms with Crippen LogP contribution < -0.4 is 0 Å². The minimum absolute atomic E-state index is 0.205. The Morgan fingerprint density at radius 2 is 2.11 bits per heavy atom. The van der Waals surface area contributed by atoms with Crippen molar-refractivity contribution in [3.8, 4) is 0 Å². The third-order valence-electron chi connectivity index (χ3n) is 3.00. The highest BCUT2D eigenvalue weighted by molar-refractivity contribution is 9.28. The van der Waals surface area contributed by atoms with Gasteiger partial charge in [-0.05, 0) is 64.0 Å². The predicted molar refractivity (Wildman–Crippen MR) is 83.3 cm³/mol. The summed E-state index contributed by atoms with van der Waals surface area (Å²) in [5.74, 6) is -0.205. The van der Waals surface area contributed by atoms with E-state index in [-0.39, 0.29) is 12.1 Å². The van der Waals surface area contributed by atoms with E-state index >= 15 is 0 Å². The number of hydrogen-bond donors (Lipinski definition) is 1. The minimum Gasteiger partial charge on any atom is -0.459 e. The topological polar surface area (TPSA) is 46.5 Å². The van der Waals surface area contributed by atoms with E-state index in [1.807, 2.05) is 6.08 Å². The summed E-state index contributed by atoms with van der Waals surface area (Å²) in [7, 11) is 0. The van der Waals surface area contributed by atoms with Crippen molar-refractivity contribution in [1.82, 2.24) is 0 Å². The fraction of sp³-hybridized carbons (Fsp3) is 0.643. The van der Waals surface area contributed by atoms with Crippen LogP contribution in [0.5, 0.6) is 0 Å². The third-order valence-corrected chi connectivity index (χ3v) is 3.65. The zero-order chi connectivity index (χ0) is 14.1. The van der Waals surface area contributed by atoms with Gasteiger partial charge in [-0.2, -0.15) is 0 Å². The number of unbranched alkanes of at least 4 members (excludes halogenated alkanes) is 4. The third kappa shape index (κ3) is 7.90. The van der Waals surface area contributed by atoms with E-state index in [4.69, 9.17) is 4.74 Å². The number of hydrogen-bond acceptors (Lipinski definition) is 3. The van der Waals surface area contributed by atoms with Crippen LogP contribution in [0.2, 0.25) is 0 Å². The highest BCUT2D eigenvalue weighted by Gasteiger charge is 2.28. The van der Waals surface area contributed by atoms with Gasteiger partial charge in [0.2, 0.25) is 0 Å². The monoisotopic (exact) mass is 394 g/mol. The molecule has 0 aromatic rings. The largest absolute Gasteiger partial charge is 0.459 e. The number of cyclic esters (lactones) is 1. The van der Waals surface area contributed by atoms with Gasteiger partial charge in [-0.25, -0.2) is 0 Å². The molecular formula is C14H20Br2O3. The van der Waals surface area contributed by atoms with Crippen molar-refractivity contribution in [2.24, 2.45) is 0 Å². The molecule has 0 bridgehead atoms. The summed E-state index contributed by atoms with van der Waals surface area (Å²) in [4.78, 5) is 10.9. The Kier molecular flexibility index (Phi) is 8.66. The number of carbonyl (C=O) groups excluding carboxylic acids is 1. The number of esters is 1. The van der Waals surface area contributed by atoms with E-state index in [0.29, 0.717) is 12.8 Å². The van der Waals surface area contributed by atoms with Gasteiger partial charge in [0.1, 0.15) is 12.2 Å². The Balaban J connectivity index is 2.03. The maximum absolute atomic E-state index is 10.9. The Morgan fingerprint density at radius 1 is 1.37 bits per heavy atom. The van der Waals surface area contributed by atoms with Crippen molar-refractivity contribution in [2.45, 2.75) is 57.2 Å². The van der Waals surface area contributed by atoms with Gasteiger partial charge in [-0.3, -0.25) is 4.79 Å². The number of halogens is 2. The molecule has 2 atom stereocenters. The molecule has 0 spiro atoms. The molecule has 1 aliphatic rings. The second-order valence-corrected chi connectivity index (χ2v) is 7.39. The Bertz CT molecular complexity index is 336. The van der Waals surface area contributed by atoms with Gasteiger partial charge in [0.05, 0.1) is 3.39 Å². The Labute approximate surface area is 131 Å². The van der Waals surface area contributed by atoms with Crippen molar-refractivity contribution in [3.63, 3.8) is 0 Å². The van der Waals surface area contributed by atoms with Crippen LogP contribution in [0.15, 0.2) is 21.6 Å². The van der Waals surface area contributed by atoms with Crippen molar-refractivity contribution in [1.29, 1.82) is 0 Å². The molecular weight excluding hydrogens is 376 g/mol. The van der Waals surface area contributed by atoms with Gasteiger partial charge >= 0.3 is 5.97 Å². The average molecular weight is 396 g/mol. The molecule has 1 aliphatic heterocycles. The lowest BCUT2D eigenvalue weighted by Crippen LogP contribution is -2.23. The fourth-order valence-electron chi connectivity index (χ4n) is 1.94. The fourth-order valence-corrected chi connectivity index (χ4v) is 2.40. The average Bonchev–Trinajstić information content (AvgIpc) is 2.78. The zero-order valence-electron chi connectivity index (χ0n) is 10.9. The first-order chi connectivity index (χ1) is 9.09. The first kappa shape index (κ1) is 16.9. The SMILES string of the molecule is O=C1CC[C@@H]([C@@H](O)/C=C/CCCCCC=C(Br)Br)O1. The lowest BCUT2D eigenvalue weighted by Gasteiger charge is -2.12. The summed E-state index contributed by atoms with van der Waals surface area (Å²) in [6.45, 7) is 0. The second kappa shape index (κ2) is 9.72. The molecule has 0 amide bonds. The summed E-state index contributed by atoms with van der Waals surface area (Å²) in [6, 6.07) is 0. The van der Waals surface area contributed by atoms with E-state index in [2.05, 4.69) is 37.9 Å². The maximum atomic E-state index is 10.9. The van der Waals surface area contributed by atoms with Gasteiger partial charge in [0, 0.05) is 6.42 Å². The van der Waals surface area contributed by atoms with Gasteiger partial charge in [-0.15, -0.1) is 0 Å². The molecule has 1 heterocycles. The van der Waals surface area contributed by atoms with Gasteiger partial charge in [0.15, 0.2) is 0 Å². The molecule has 1 rings (SSSR count). The number of aliphatic hydroxyl groups is 1. The van der Waals surface area contributed by atoms with Crippen molar-refractivity contribution in [3.05, 3.63) is 21.6 Å². The van der Waals surface area contributed by atoms with E-state index in [1.165, 1.54) is 6.42 Å². The molecule has 0 aliphatic carbocycles. The number of carbonyl (C=O) groups is 1. The molecule has 0 aromatic carbocycles. The molecule has 108 valence electrons. The van der Waals surface area contributed by atoms with Gasteiger partial charge < -0.3 is 9.84 Å². The summed E-state index contributed by atoms with van der Waals surface area (Å²) >= 11 is 6.65. The molecule has 0 unspecified atom stereocenters. The van der Waals surface area contributed by atoms with Gasteiger partial charge in [0.25, 0.3) is 0 Å². The summed E-state index contributed by atoms with van der Waals surface area (Å²) < 4.78 is 6.01. The zero-order valence-corrected chi connectivity index (χ0v) is 14.0. The van der Waals surface area contributed by atoms with Crippen molar-refractivity contribution in [2.75, 3.05) is 0 Å². The molecule has 0 saturated carbocycles. The summed E-state index contributed by atoms with van der Waals surface area (Å²) in [5, 5.41) is 9.79. The predicted octanol–water partition coefficient (Wildman–Crippen LogP) is 4.19. The van der Waals surface area contributed by atoms with E-state index in [1.54, 1.807) is 6.08 Å². The summed E-state index contributed by atoms with van der Waals surface area (Å²) in [5.41, 5.74) is 0. The molecule has 1 saturated heterocycles. The Hall–Kier alpha value is -0.130. The number of aliphatic hydroxyl groups excluding tert-OH is 1. The number of rotatable bonds is 8. The maximum Gasteiger partial charge on any atom is 0.306 e.